The van der Waals surface area contributed by atoms with Crippen molar-refractivity contribution in [3.63, 3.8) is 0 Å². The third-order valence-corrected chi connectivity index (χ3v) is 11.9. The second-order valence-electron chi connectivity index (χ2n) is 9.25. The van der Waals surface area contributed by atoms with Crippen LogP contribution >= 0.6 is 15.2 Å². The van der Waals surface area contributed by atoms with E-state index in [1.165, 1.54) is 13.2 Å². The molecule has 1 aromatic heterocycles. The van der Waals surface area contributed by atoms with Crippen LogP contribution in [0.3, 0.4) is 0 Å². The summed E-state index contributed by atoms with van der Waals surface area (Å²) in [5, 5.41) is 10.8. The Balaban J connectivity index is 1.85. The number of benzene rings is 1. The maximum atomic E-state index is 14.0. The molecule has 218 valence electrons. The van der Waals surface area contributed by atoms with E-state index in [4.69, 9.17) is 18.5 Å². The molecule has 0 aliphatic carbocycles. The molecule has 3 rings (SSSR count). The Kier molecular flexibility index (Phi) is 9.53. The van der Waals surface area contributed by atoms with Gasteiger partial charge in [0.1, 0.15) is 29.9 Å². The van der Waals surface area contributed by atoms with Gasteiger partial charge in [-0.05, 0) is 31.9 Å². The fraction of sp³-hybridized carbons (Fsp3) is 0.545. The number of aromatic nitrogens is 2. The summed E-state index contributed by atoms with van der Waals surface area (Å²) < 4.78 is 75.2. The predicted molar refractivity (Wildman–Crippen MR) is 132 cm³/mol. The first-order chi connectivity index (χ1) is 18.1. The summed E-state index contributed by atoms with van der Waals surface area (Å²) in [6, 6.07) is 3.99. The Labute approximate surface area is 221 Å². The van der Waals surface area contributed by atoms with Crippen molar-refractivity contribution >= 4 is 15.2 Å². The summed E-state index contributed by atoms with van der Waals surface area (Å²) in [7, 11) is -7.25. The Morgan fingerprint density at radius 1 is 1.13 bits per heavy atom. The minimum absolute atomic E-state index is 0.0819. The molecule has 17 heteroatoms. The third kappa shape index (κ3) is 6.17. The SMILES string of the molecule is CO[C@H]1C(O)[C@@H](COP(=O)(OC)C(C)(C)P(=O)(O)O)O[C@H]1n1ccc(=O)n(CCc2ccc(F)cc2F)c1=O. The van der Waals surface area contributed by atoms with Crippen LogP contribution in [0, 0.1) is 11.6 Å². The molecule has 0 radical (unpaired) electrons. The third-order valence-electron chi connectivity index (χ3n) is 6.61. The van der Waals surface area contributed by atoms with Crippen molar-refractivity contribution in [2.45, 2.75) is 56.3 Å². The number of rotatable bonds is 11. The van der Waals surface area contributed by atoms with E-state index in [1.54, 1.807) is 0 Å². The monoisotopic (exact) mass is 598 g/mol. The van der Waals surface area contributed by atoms with Gasteiger partial charge in [0.2, 0.25) is 0 Å². The van der Waals surface area contributed by atoms with E-state index in [-0.39, 0.29) is 18.5 Å². The highest BCUT2D eigenvalue weighted by Gasteiger charge is 2.56. The maximum absolute atomic E-state index is 14.0. The van der Waals surface area contributed by atoms with Gasteiger partial charge in [0.15, 0.2) is 11.1 Å². The highest BCUT2D eigenvalue weighted by molar-refractivity contribution is 7.73. The van der Waals surface area contributed by atoms with Crippen molar-refractivity contribution in [2.75, 3.05) is 20.8 Å². The molecule has 2 aromatic rings. The van der Waals surface area contributed by atoms with Crippen LogP contribution in [0.2, 0.25) is 0 Å². The quantitative estimate of drug-likeness (QED) is 0.320. The first-order valence-electron chi connectivity index (χ1n) is 11.6. The number of nitrogens with zero attached hydrogens (tertiary/aromatic N) is 2. The number of aliphatic hydroxyl groups is 1. The van der Waals surface area contributed by atoms with Crippen molar-refractivity contribution in [2.24, 2.45) is 0 Å². The second-order valence-corrected chi connectivity index (χ2v) is 14.5. The minimum atomic E-state index is -4.97. The first kappa shape index (κ1) is 31.5. The molecule has 1 saturated heterocycles. The maximum Gasteiger partial charge on any atom is 0.348 e. The fourth-order valence-corrected chi connectivity index (χ4v) is 6.89. The van der Waals surface area contributed by atoms with Crippen LogP contribution in [-0.4, -0.2) is 68.1 Å². The van der Waals surface area contributed by atoms with E-state index < -0.39 is 74.1 Å². The number of methoxy groups -OCH3 is 1. The van der Waals surface area contributed by atoms with Gasteiger partial charge in [-0.25, -0.2) is 13.6 Å². The van der Waals surface area contributed by atoms with Crippen LogP contribution in [0.5, 0.6) is 0 Å². The van der Waals surface area contributed by atoms with Crippen LogP contribution < -0.4 is 11.2 Å². The minimum Gasteiger partial charge on any atom is -0.387 e. The van der Waals surface area contributed by atoms with Crippen LogP contribution in [0.4, 0.5) is 8.78 Å². The molecule has 5 atom stereocenters. The van der Waals surface area contributed by atoms with E-state index in [2.05, 4.69) is 0 Å². The molecule has 2 heterocycles. The molecule has 0 spiro atoms. The molecule has 0 saturated carbocycles. The normalized spacial score (nSPS) is 23.6. The molecule has 1 aliphatic rings. The van der Waals surface area contributed by atoms with E-state index in [0.29, 0.717) is 6.07 Å². The van der Waals surface area contributed by atoms with E-state index in [1.807, 2.05) is 0 Å². The van der Waals surface area contributed by atoms with Crippen LogP contribution in [0.1, 0.15) is 25.6 Å². The first-order valence-corrected chi connectivity index (χ1v) is 14.7. The standard InChI is InChI=1S/C22H30F2N2O11P2/c1-22(2,38(30,31)32)39(33,35-4)36-12-16-18(28)19(34-3)20(37-16)26-10-8-17(27)25(21(26)29)9-7-13-5-6-14(23)11-15(13)24/h5-6,8,10-11,16,18-20,28H,7,9,12H2,1-4H3,(H2,30,31,32)/t16-,18?,19+,20-,39?/m1/s1. The Morgan fingerprint density at radius 2 is 1.79 bits per heavy atom. The number of hydrogen-bond donors (Lipinski definition) is 3. The summed E-state index contributed by atoms with van der Waals surface area (Å²) in [6.07, 6.45) is -4.25. The van der Waals surface area contributed by atoms with Gasteiger partial charge < -0.3 is 33.4 Å². The zero-order chi connectivity index (χ0) is 29.3. The summed E-state index contributed by atoms with van der Waals surface area (Å²) in [5.74, 6) is -1.61. The molecule has 1 aromatic carbocycles. The smallest absolute Gasteiger partial charge is 0.348 e. The van der Waals surface area contributed by atoms with Crippen LogP contribution in [-0.2, 0) is 40.6 Å². The van der Waals surface area contributed by atoms with Gasteiger partial charge in [0.05, 0.1) is 6.61 Å². The van der Waals surface area contributed by atoms with Gasteiger partial charge in [-0.15, -0.1) is 0 Å². The number of halogens is 2. The van der Waals surface area contributed by atoms with Gasteiger partial charge >= 0.3 is 20.9 Å². The van der Waals surface area contributed by atoms with Gasteiger partial charge in [0.25, 0.3) is 5.56 Å². The van der Waals surface area contributed by atoms with Crippen molar-refractivity contribution in [1.29, 1.82) is 0 Å². The lowest BCUT2D eigenvalue weighted by Gasteiger charge is -2.33. The number of hydrogen-bond acceptors (Lipinski definition) is 9. The zero-order valence-electron chi connectivity index (χ0n) is 21.5. The Bertz CT molecular complexity index is 1410. The van der Waals surface area contributed by atoms with E-state index in [0.717, 1.165) is 48.4 Å². The number of ether oxygens (including phenoxy) is 2. The molecule has 1 fully saturated rings. The van der Waals surface area contributed by atoms with Crippen LogP contribution in [0.25, 0.3) is 0 Å². The highest BCUT2D eigenvalue weighted by atomic mass is 31.2. The molecule has 2 unspecified atom stereocenters. The average Bonchev–Trinajstić information content (AvgIpc) is 3.17. The highest BCUT2D eigenvalue weighted by Crippen LogP contribution is 2.73. The second kappa shape index (κ2) is 11.8. The van der Waals surface area contributed by atoms with Crippen molar-refractivity contribution in [1.82, 2.24) is 9.13 Å². The summed E-state index contributed by atoms with van der Waals surface area (Å²) in [4.78, 5) is 42.6. The van der Waals surface area contributed by atoms with E-state index in [9.17, 15) is 42.4 Å². The molecule has 3 N–H and O–H groups in total. The lowest BCUT2D eigenvalue weighted by molar-refractivity contribution is -0.0619. The van der Waals surface area contributed by atoms with Crippen molar-refractivity contribution < 1.29 is 51.3 Å². The lowest BCUT2D eigenvalue weighted by Crippen LogP contribution is -2.43. The van der Waals surface area contributed by atoms with Crippen molar-refractivity contribution in [3.05, 3.63) is 68.5 Å². The van der Waals surface area contributed by atoms with E-state index >= 15 is 0 Å². The molecule has 0 amide bonds. The Hall–Kier alpha value is -2.06. The molecule has 0 bridgehead atoms. The molecule has 1 aliphatic heterocycles. The van der Waals surface area contributed by atoms with Gasteiger partial charge in [-0.1, -0.05) is 6.07 Å². The molecular weight excluding hydrogens is 568 g/mol. The lowest BCUT2D eigenvalue weighted by atomic mass is 10.1. The summed E-state index contributed by atoms with van der Waals surface area (Å²) in [6.45, 7) is 1.09. The summed E-state index contributed by atoms with van der Waals surface area (Å²) in [5.41, 5.74) is -1.50. The van der Waals surface area contributed by atoms with Gasteiger partial charge in [0, 0.05) is 39.1 Å². The molecule has 13 nitrogen and oxygen atoms in total. The number of aliphatic hydroxyl groups excluding tert-OH is 1. The van der Waals surface area contributed by atoms with Crippen molar-refractivity contribution in [3.8, 4) is 0 Å². The largest absolute Gasteiger partial charge is 0.387 e. The fourth-order valence-electron chi connectivity index (χ4n) is 3.99. The molecular formula is C22H30F2N2O11P2. The zero-order valence-corrected chi connectivity index (χ0v) is 23.3. The van der Waals surface area contributed by atoms with Gasteiger partial charge in [-0.3, -0.25) is 23.1 Å². The van der Waals surface area contributed by atoms with Gasteiger partial charge in [-0.2, -0.15) is 0 Å². The predicted octanol–water partition coefficient (Wildman–Crippen LogP) is 1.57. The molecule has 39 heavy (non-hydrogen) atoms. The van der Waals surface area contributed by atoms with Crippen LogP contribution in [0.15, 0.2) is 40.1 Å². The summed E-state index contributed by atoms with van der Waals surface area (Å²) >= 11 is 0. The topological polar surface area (TPSA) is 176 Å². The Morgan fingerprint density at radius 3 is 2.36 bits per heavy atom. The number of aryl methyl sites for hydroxylation is 1. The average molecular weight is 598 g/mol.